The summed E-state index contributed by atoms with van der Waals surface area (Å²) in [5.41, 5.74) is 1.47. The average Bonchev–Trinajstić information content (AvgIpc) is 2.36. The fourth-order valence-corrected chi connectivity index (χ4v) is 2.41. The zero-order valence-corrected chi connectivity index (χ0v) is 13.5. The van der Waals surface area contributed by atoms with Gasteiger partial charge < -0.3 is 15.2 Å². The summed E-state index contributed by atoms with van der Waals surface area (Å²) in [6.07, 6.45) is -6.21. The second-order valence-corrected chi connectivity index (χ2v) is 5.67. The van der Waals surface area contributed by atoms with Crippen molar-refractivity contribution in [1.29, 1.82) is 0 Å². The fraction of sp³-hybridized carbons (Fsp3) is 0.571. The number of hydrogen-bond acceptors (Lipinski definition) is 3. The summed E-state index contributed by atoms with van der Waals surface area (Å²) >= 11 is 3.36. The zero-order chi connectivity index (χ0) is 16.0. The Kier molecular flexibility index (Phi) is 6.96. The van der Waals surface area contributed by atoms with Crippen LogP contribution in [0.1, 0.15) is 24.5 Å². The quantitative estimate of drug-likeness (QED) is 0.722. The van der Waals surface area contributed by atoms with Crippen LogP contribution in [-0.2, 0) is 6.54 Å². The molecule has 0 heterocycles. The predicted molar refractivity (Wildman–Crippen MR) is 78.4 cm³/mol. The first-order valence-electron chi connectivity index (χ1n) is 6.63. The van der Waals surface area contributed by atoms with Gasteiger partial charge in [0.25, 0.3) is 0 Å². The standard InChI is InChI=1S/C14H19BrF3NO2/c1-3-4-19-7-10-6-11(15)5-9(2)13(10)21-8-12(20)14(16,17)18/h5-6,12,19-20H,3-4,7-8H2,1-2H3. The number of halogens is 4. The summed E-state index contributed by atoms with van der Waals surface area (Å²) in [6, 6.07) is 3.56. The first-order chi connectivity index (χ1) is 9.75. The Hall–Kier alpha value is -0.790. The molecule has 2 N–H and O–H groups in total. The van der Waals surface area contributed by atoms with E-state index in [1.54, 1.807) is 19.1 Å². The van der Waals surface area contributed by atoms with Gasteiger partial charge in [0.05, 0.1) is 0 Å². The smallest absolute Gasteiger partial charge is 0.417 e. The molecule has 0 radical (unpaired) electrons. The molecule has 1 rings (SSSR count). The van der Waals surface area contributed by atoms with Gasteiger partial charge in [0.2, 0.25) is 0 Å². The van der Waals surface area contributed by atoms with Crippen molar-refractivity contribution in [2.45, 2.75) is 39.1 Å². The largest absolute Gasteiger partial charge is 0.490 e. The lowest BCUT2D eigenvalue weighted by Crippen LogP contribution is -2.34. The van der Waals surface area contributed by atoms with Crippen LogP contribution < -0.4 is 10.1 Å². The molecule has 1 aromatic carbocycles. The van der Waals surface area contributed by atoms with E-state index in [0.717, 1.165) is 23.0 Å². The van der Waals surface area contributed by atoms with Gasteiger partial charge in [0.1, 0.15) is 12.4 Å². The molecule has 1 aromatic rings. The van der Waals surface area contributed by atoms with E-state index in [9.17, 15) is 13.2 Å². The summed E-state index contributed by atoms with van der Waals surface area (Å²) in [5.74, 6) is 0.380. The molecule has 0 aliphatic rings. The molecule has 1 atom stereocenters. The summed E-state index contributed by atoms with van der Waals surface area (Å²) in [5, 5.41) is 12.2. The number of nitrogens with one attached hydrogen (secondary N) is 1. The van der Waals surface area contributed by atoms with Gasteiger partial charge in [-0.25, -0.2) is 0 Å². The number of ether oxygens (including phenoxy) is 1. The number of benzene rings is 1. The fourth-order valence-electron chi connectivity index (χ4n) is 1.79. The Morgan fingerprint density at radius 2 is 2.05 bits per heavy atom. The van der Waals surface area contributed by atoms with Crippen molar-refractivity contribution in [1.82, 2.24) is 5.32 Å². The lowest BCUT2D eigenvalue weighted by Gasteiger charge is -2.19. The van der Waals surface area contributed by atoms with E-state index in [1.807, 2.05) is 6.92 Å². The summed E-state index contributed by atoms with van der Waals surface area (Å²) < 4.78 is 43.0. The van der Waals surface area contributed by atoms with Gasteiger partial charge in [-0.3, -0.25) is 0 Å². The molecule has 0 bridgehead atoms. The Morgan fingerprint density at radius 1 is 1.38 bits per heavy atom. The minimum atomic E-state index is -4.68. The van der Waals surface area contributed by atoms with Crippen molar-refractivity contribution in [2.75, 3.05) is 13.2 Å². The van der Waals surface area contributed by atoms with Crippen LogP contribution in [0.4, 0.5) is 13.2 Å². The van der Waals surface area contributed by atoms with Crippen LogP contribution in [0, 0.1) is 6.92 Å². The third kappa shape index (κ3) is 5.84. The minimum Gasteiger partial charge on any atom is -0.490 e. The molecule has 0 fully saturated rings. The SMILES string of the molecule is CCCNCc1cc(Br)cc(C)c1OCC(O)C(F)(F)F. The molecule has 3 nitrogen and oxygen atoms in total. The maximum absolute atomic E-state index is 12.3. The van der Waals surface area contributed by atoms with Gasteiger partial charge in [0.15, 0.2) is 6.10 Å². The molecule has 0 spiro atoms. The molecule has 7 heteroatoms. The molecular formula is C14H19BrF3NO2. The van der Waals surface area contributed by atoms with E-state index in [1.165, 1.54) is 0 Å². The number of aliphatic hydroxyl groups excluding tert-OH is 1. The van der Waals surface area contributed by atoms with Gasteiger partial charge in [-0.2, -0.15) is 13.2 Å². The molecule has 0 aromatic heterocycles. The van der Waals surface area contributed by atoms with Gasteiger partial charge in [-0.05, 0) is 37.6 Å². The predicted octanol–water partition coefficient (Wildman–Crippen LogP) is 3.56. The summed E-state index contributed by atoms with van der Waals surface area (Å²) in [4.78, 5) is 0. The van der Waals surface area contributed by atoms with E-state index in [2.05, 4.69) is 21.2 Å². The Balaban J connectivity index is 2.83. The summed E-state index contributed by atoms with van der Waals surface area (Å²) in [6.45, 7) is 4.26. The van der Waals surface area contributed by atoms with Crippen molar-refractivity contribution in [3.8, 4) is 5.75 Å². The molecule has 0 saturated carbocycles. The molecule has 0 amide bonds. The molecule has 120 valence electrons. The van der Waals surface area contributed by atoms with E-state index in [0.29, 0.717) is 17.9 Å². The number of aryl methyl sites for hydroxylation is 1. The topological polar surface area (TPSA) is 41.5 Å². The van der Waals surface area contributed by atoms with E-state index >= 15 is 0 Å². The number of rotatable bonds is 7. The van der Waals surface area contributed by atoms with Crippen molar-refractivity contribution >= 4 is 15.9 Å². The molecule has 1 unspecified atom stereocenters. The van der Waals surface area contributed by atoms with Crippen molar-refractivity contribution < 1.29 is 23.0 Å². The first-order valence-corrected chi connectivity index (χ1v) is 7.42. The highest BCUT2D eigenvalue weighted by Crippen LogP contribution is 2.29. The van der Waals surface area contributed by atoms with E-state index in [-0.39, 0.29) is 0 Å². The first kappa shape index (κ1) is 18.3. The monoisotopic (exact) mass is 369 g/mol. The van der Waals surface area contributed by atoms with Gasteiger partial charge in [0, 0.05) is 16.6 Å². The van der Waals surface area contributed by atoms with Crippen LogP contribution in [0.5, 0.6) is 5.75 Å². The van der Waals surface area contributed by atoms with Crippen LogP contribution in [0.3, 0.4) is 0 Å². The number of alkyl halides is 3. The zero-order valence-electron chi connectivity index (χ0n) is 11.9. The minimum absolute atomic E-state index is 0.380. The van der Waals surface area contributed by atoms with Gasteiger partial charge in [-0.1, -0.05) is 22.9 Å². The normalized spacial score (nSPS) is 13.3. The summed E-state index contributed by atoms with van der Waals surface area (Å²) in [7, 11) is 0. The lowest BCUT2D eigenvalue weighted by molar-refractivity contribution is -0.210. The van der Waals surface area contributed by atoms with E-state index in [4.69, 9.17) is 9.84 Å². The van der Waals surface area contributed by atoms with Crippen LogP contribution in [0.15, 0.2) is 16.6 Å². The molecule has 21 heavy (non-hydrogen) atoms. The number of hydrogen-bond donors (Lipinski definition) is 2. The Labute approximate surface area is 130 Å². The maximum Gasteiger partial charge on any atom is 0.417 e. The maximum atomic E-state index is 12.3. The second-order valence-electron chi connectivity index (χ2n) is 4.76. The van der Waals surface area contributed by atoms with Crippen LogP contribution in [0.2, 0.25) is 0 Å². The van der Waals surface area contributed by atoms with Gasteiger partial charge in [-0.15, -0.1) is 0 Å². The molecular weight excluding hydrogens is 351 g/mol. The van der Waals surface area contributed by atoms with E-state index < -0.39 is 18.9 Å². The van der Waals surface area contributed by atoms with Gasteiger partial charge >= 0.3 is 6.18 Å². The van der Waals surface area contributed by atoms with Crippen molar-refractivity contribution in [2.24, 2.45) is 0 Å². The second kappa shape index (κ2) is 8.00. The lowest BCUT2D eigenvalue weighted by atomic mass is 10.1. The molecule has 0 aliphatic heterocycles. The third-order valence-corrected chi connectivity index (χ3v) is 3.28. The highest BCUT2D eigenvalue weighted by molar-refractivity contribution is 9.10. The third-order valence-electron chi connectivity index (χ3n) is 2.82. The number of aliphatic hydroxyl groups is 1. The highest BCUT2D eigenvalue weighted by Gasteiger charge is 2.38. The van der Waals surface area contributed by atoms with Crippen molar-refractivity contribution in [3.05, 3.63) is 27.7 Å². The Bertz CT molecular complexity index is 466. The van der Waals surface area contributed by atoms with Crippen LogP contribution >= 0.6 is 15.9 Å². The molecule has 0 aliphatic carbocycles. The average molecular weight is 370 g/mol. The highest BCUT2D eigenvalue weighted by atomic mass is 79.9. The molecule has 0 saturated heterocycles. The Morgan fingerprint density at radius 3 is 2.62 bits per heavy atom. The van der Waals surface area contributed by atoms with Crippen molar-refractivity contribution in [3.63, 3.8) is 0 Å². The van der Waals surface area contributed by atoms with Crippen LogP contribution in [-0.4, -0.2) is 30.5 Å². The van der Waals surface area contributed by atoms with Crippen LogP contribution in [0.25, 0.3) is 0 Å².